The van der Waals surface area contributed by atoms with Crippen molar-refractivity contribution in [1.82, 2.24) is 4.90 Å². The number of hydrogen-bond donors (Lipinski definition) is 2. The van der Waals surface area contributed by atoms with Gasteiger partial charge in [0, 0.05) is 18.6 Å². The van der Waals surface area contributed by atoms with E-state index in [9.17, 15) is 4.79 Å². The lowest BCUT2D eigenvalue weighted by atomic mass is 10.0. The van der Waals surface area contributed by atoms with Gasteiger partial charge in [-0.1, -0.05) is 6.07 Å². The van der Waals surface area contributed by atoms with Gasteiger partial charge in [-0.2, -0.15) is 0 Å². The number of fused-ring (bicyclic) bond motifs is 1. The van der Waals surface area contributed by atoms with E-state index in [0.29, 0.717) is 6.54 Å². The van der Waals surface area contributed by atoms with Crippen molar-refractivity contribution in [3.05, 3.63) is 23.8 Å². The molecule has 19 heavy (non-hydrogen) atoms. The summed E-state index contributed by atoms with van der Waals surface area (Å²) in [6.07, 6.45) is 0. The van der Waals surface area contributed by atoms with Crippen molar-refractivity contribution in [2.75, 3.05) is 25.5 Å². The molecule has 0 atom stereocenters. The van der Waals surface area contributed by atoms with Gasteiger partial charge >= 0.3 is 0 Å². The Morgan fingerprint density at radius 2 is 2.21 bits per heavy atom. The van der Waals surface area contributed by atoms with Gasteiger partial charge in [0.1, 0.15) is 5.75 Å². The number of nitrogens with two attached hydrogens (primary N) is 1. The van der Waals surface area contributed by atoms with Crippen LogP contribution >= 0.6 is 0 Å². The average Bonchev–Trinajstić information content (AvgIpc) is 2.38. The Bertz CT molecular complexity index is 486. The predicted molar refractivity (Wildman–Crippen MR) is 75.2 cm³/mol. The maximum Gasteiger partial charge on any atom is 0.262 e. The van der Waals surface area contributed by atoms with Crippen LogP contribution in [0.2, 0.25) is 0 Å². The normalized spacial score (nSPS) is 14.9. The molecule has 0 fully saturated rings. The standard InChI is InChI=1S/C14H21N3O2/c1-14(2,9-15)17(3)7-10-4-5-12-11(6-10)16-13(18)8-19-12/h4-6H,7-9,15H2,1-3H3,(H,16,18). The highest BCUT2D eigenvalue weighted by atomic mass is 16.5. The molecule has 104 valence electrons. The number of amides is 1. The molecule has 5 nitrogen and oxygen atoms in total. The summed E-state index contributed by atoms with van der Waals surface area (Å²) in [5.41, 5.74) is 7.57. The second-order valence-corrected chi connectivity index (χ2v) is 5.54. The lowest BCUT2D eigenvalue weighted by molar-refractivity contribution is -0.118. The molecule has 0 spiro atoms. The first-order chi connectivity index (χ1) is 8.92. The molecule has 5 heteroatoms. The van der Waals surface area contributed by atoms with E-state index in [1.54, 1.807) is 0 Å². The molecule has 0 saturated heterocycles. The molecule has 1 aliphatic rings. The topological polar surface area (TPSA) is 67.6 Å². The summed E-state index contributed by atoms with van der Waals surface area (Å²) in [5.74, 6) is 0.615. The maximum absolute atomic E-state index is 11.3. The SMILES string of the molecule is CN(Cc1ccc2c(c1)NC(=O)CO2)C(C)(C)CN. The van der Waals surface area contributed by atoms with Gasteiger partial charge in [-0.05, 0) is 38.6 Å². The number of carbonyl (C=O) groups excluding carboxylic acids is 1. The van der Waals surface area contributed by atoms with E-state index in [0.717, 1.165) is 23.5 Å². The fourth-order valence-electron chi connectivity index (χ4n) is 1.87. The zero-order chi connectivity index (χ0) is 14.0. The van der Waals surface area contributed by atoms with Gasteiger partial charge in [0.05, 0.1) is 5.69 Å². The minimum absolute atomic E-state index is 0.0599. The number of hydrogen-bond acceptors (Lipinski definition) is 4. The zero-order valence-electron chi connectivity index (χ0n) is 11.7. The van der Waals surface area contributed by atoms with Gasteiger partial charge in [0.2, 0.25) is 0 Å². The molecule has 3 N–H and O–H groups in total. The van der Waals surface area contributed by atoms with Crippen molar-refractivity contribution < 1.29 is 9.53 Å². The molecular weight excluding hydrogens is 242 g/mol. The van der Waals surface area contributed by atoms with Crippen molar-refractivity contribution in [3.63, 3.8) is 0 Å². The monoisotopic (exact) mass is 263 g/mol. The largest absolute Gasteiger partial charge is 0.482 e. The predicted octanol–water partition coefficient (Wildman–Crippen LogP) is 1.19. The number of rotatable bonds is 4. The third-order valence-corrected chi connectivity index (χ3v) is 3.63. The Labute approximate surface area is 113 Å². The number of nitrogens with zero attached hydrogens (tertiary/aromatic N) is 1. The van der Waals surface area contributed by atoms with Gasteiger partial charge in [-0.15, -0.1) is 0 Å². The van der Waals surface area contributed by atoms with Crippen molar-refractivity contribution in [2.24, 2.45) is 5.73 Å². The lowest BCUT2D eigenvalue weighted by Gasteiger charge is -2.34. The van der Waals surface area contributed by atoms with Gasteiger partial charge < -0.3 is 15.8 Å². The molecule has 1 aromatic carbocycles. The summed E-state index contributed by atoms with van der Waals surface area (Å²) in [7, 11) is 2.04. The molecule has 1 aromatic rings. The summed E-state index contributed by atoms with van der Waals surface area (Å²) in [6.45, 7) is 5.67. The maximum atomic E-state index is 11.3. The van der Waals surface area contributed by atoms with E-state index in [1.165, 1.54) is 0 Å². The molecule has 0 bridgehead atoms. The molecule has 0 unspecified atom stereocenters. The van der Waals surface area contributed by atoms with Crippen LogP contribution < -0.4 is 15.8 Å². The Hall–Kier alpha value is -1.59. The summed E-state index contributed by atoms with van der Waals surface area (Å²) < 4.78 is 5.34. The van der Waals surface area contributed by atoms with E-state index in [4.69, 9.17) is 10.5 Å². The molecule has 0 aromatic heterocycles. The van der Waals surface area contributed by atoms with E-state index < -0.39 is 0 Å². The molecule has 0 aliphatic carbocycles. The van der Waals surface area contributed by atoms with E-state index >= 15 is 0 Å². The highest BCUT2D eigenvalue weighted by Gasteiger charge is 2.22. The second-order valence-electron chi connectivity index (χ2n) is 5.54. The highest BCUT2D eigenvalue weighted by molar-refractivity contribution is 5.95. The molecule has 2 rings (SSSR count). The number of likely N-dealkylation sites (N-methyl/N-ethyl adjacent to an activating group) is 1. The number of carbonyl (C=O) groups is 1. The van der Waals surface area contributed by atoms with Crippen LogP contribution in [0.1, 0.15) is 19.4 Å². The van der Waals surface area contributed by atoms with Crippen LogP contribution in [-0.4, -0.2) is 36.5 Å². The van der Waals surface area contributed by atoms with Crippen LogP contribution in [0.25, 0.3) is 0 Å². The van der Waals surface area contributed by atoms with E-state index in [2.05, 4.69) is 24.1 Å². The van der Waals surface area contributed by atoms with Crippen LogP contribution in [0.5, 0.6) is 5.75 Å². The number of nitrogens with one attached hydrogen (secondary N) is 1. The minimum atomic E-state index is -0.111. The van der Waals surface area contributed by atoms with Crippen molar-refractivity contribution in [2.45, 2.75) is 25.9 Å². The highest BCUT2D eigenvalue weighted by Crippen LogP contribution is 2.29. The van der Waals surface area contributed by atoms with Crippen LogP contribution in [0.3, 0.4) is 0 Å². The number of ether oxygens (including phenoxy) is 1. The molecular formula is C14H21N3O2. The van der Waals surface area contributed by atoms with E-state index in [1.807, 2.05) is 25.2 Å². The third-order valence-electron chi connectivity index (χ3n) is 3.63. The first-order valence-corrected chi connectivity index (χ1v) is 6.39. The fraction of sp³-hybridized carbons (Fsp3) is 0.500. The summed E-state index contributed by atoms with van der Waals surface area (Å²) in [5, 5.41) is 2.82. The van der Waals surface area contributed by atoms with Crippen LogP contribution in [0.4, 0.5) is 5.69 Å². The minimum Gasteiger partial charge on any atom is -0.482 e. The van der Waals surface area contributed by atoms with Gasteiger partial charge in [-0.3, -0.25) is 9.69 Å². The molecule has 1 heterocycles. The Morgan fingerprint density at radius 1 is 1.47 bits per heavy atom. The molecule has 1 aliphatic heterocycles. The summed E-state index contributed by atoms with van der Waals surface area (Å²) in [6, 6.07) is 5.86. The van der Waals surface area contributed by atoms with Crippen molar-refractivity contribution in [3.8, 4) is 5.75 Å². The number of benzene rings is 1. The van der Waals surface area contributed by atoms with Gasteiger partial charge in [0.25, 0.3) is 5.91 Å². The molecule has 1 amide bonds. The zero-order valence-corrected chi connectivity index (χ0v) is 11.7. The summed E-state index contributed by atoms with van der Waals surface area (Å²) in [4.78, 5) is 13.5. The molecule has 0 saturated carbocycles. The third kappa shape index (κ3) is 3.05. The Balaban J connectivity index is 2.14. The van der Waals surface area contributed by atoms with Crippen LogP contribution in [-0.2, 0) is 11.3 Å². The van der Waals surface area contributed by atoms with Crippen LogP contribution in [0.15, 0.2) is 18.2 Å². The van der Waals surface area contributed by atoms with Crippen molar-refractivity contribution >= 4 is 11.6 Å². The van der Waals surface area contributed by atoms with Crippen molar-refractivity contribution in [1.29, 1.82) is 0 Å². The molecule has 0 radical (unpaired) electrons. The average molecular weight is 263 g/mol. The number of anilines is 1. The fourth-order valence-corrected chi connectivity index (χ4v) is 1.87. The van der Waals surface area contributed by atoms with Gasteiger partial charge in [0.15, 0.2) is 6.61 Å². The first kappa shape index (κ1) is 13.8. The first-order valence-electron chi connectivity index (χ1n) is 6.39. The Kier molecular flexibility index (Phi) is 3.78. The lowest BCUT2D eigenvalue weighted by Crippen LogP contribution is -2.46. The van der Waals surface area contributed by atoms with Crippen LogP contribution in [0, 0.1) is 0 Å². The second kappa shape index (κ2) is 5.19. The Morgan fingerprint density at radius 3 is 2.89 bits per heavy atom. The summed E-state index contributed by atoms with van der Waals surface area (Å²) >= 11 is 0. The van der Waals surface area contributed by atoms with Gasteiger partial charge in [-0.25, -0.2) is 0 Å². The smallest absolute Gasteiger partial charge is 0.262 e. The quantitative estimate of drug-likeness (QED) is 0.856. The van der Waals surface area contributed by atoms with E-state index in [-0.39, 0.29) is 18.1 Å².